The van der Waals surface area contributed by atoms with Gasteiger partial charge in [-0.05, 0) is 26.2 Å². The van der Waals surface area contributed by atoms with Crippen molar-refractivity contribution in [3.63, 3.8) is 0 Å². The quantitative estimate of drug-likeness (QED) is 0.651. The first kappa shape index (κ1) is 11.1. The first-order valence-electron chi connectivity index (χ1n) is 5.36. The van der Waals surface area contributed by atoms with Crippen LogP contribution in [0.5, 0.6) is 0 Å². The molecule has 0 aromatic rings. The van der Waals surface area contributed by atoms with E-state index in [4.69, 9.17) is 4.74 Å². The molecule has 0 bridgehead atoms. The summed E-state index contributed by atoms with van der Waals surface area (Å²) in [6.07, 6.45) is 6.02. The number of amides is 1. The van der Waals surface area contributed by atoms with Crippen LogP contribution in [0.25, 0.3) is 0 Å². The van der Waals surface area contributed by atoms with Gasteiger partial charge >= 0.3 is 6.09 Å². The van der Waals surface area contributed by atoms with Crippen LogP contribution >= 0.6 is 0 Å². The highest BCUT2D eigenvalue weighted by Gasteiger charge is 2.18. The molecule has 0 fully saturated rings. The van der Waals surface area contributed by atoms with Gasteiger partial charge in [0.25, 0.3) is 0 Å². The van der Waals surface area contributed by atoms with Crippen molar-refractivity contribution >= 4 is 6.09 Å². The van der Waals surface area contributed by atoms with Gasteiger partial charge < -0.3 is 4.74 Å². The SMILES string of the molecule is CCCCOC(=O)N1CCCC=C1C. The largest absolute Gasteiger partial charge is 0.449 e. The third-order valence-electron chi connectivity index (χ3n) is 2.40. The van der Waals surface area contributed by atoms with Crippen LogP contribution in [-0.4, -0.2) is 24.1 Å². The molecular weight excluding hydrogens is 178 g/mol. The van der Waals surface area contributed by atoms with E-state index in [0.717, 1.165) is 37.9 Å². The Labute approximate surface area is 85.7 Å². The molecule has 0 saturated heterocycles. The normalized spacial score (nSPS) is 16.4. The fraction of sp³-hybridized carbons (Fsp3) is 0.727. The molecule has 1 aliphatic rings. The topological polar surface area (TPSA) is 29.5 Å². The van der Waals surface area contributed by atoms with Crippen LogP contribution in [0.15, 0.2) is 11.8 Å². The average molecular weight is 197 g/mol. The van der Waals surface area contributed by atoms with Crippen molar-refractivity contribution in [1.82, 2.24) is 4.90 Å². The lowest BCUT2D eigenvalue weighted by Gasteiger charge is -2.25. The summed E-state index contributed by atoms with van der Waals surface area (Å²) < 4.78 is 5.14. The second-order valence-corrected chi connectivity index (χ2v) is 3.61. The zero-order chi connectivity index (χ0) is 10.4. The van der Waals surface area contributed by atoms with E-state index < -0.39 is 0 Å². The summed E-state index contributed by atoms with van der Waals surface area (Å²) >= 11 is 0. The number of carbonyl (C=O) groups excluding carboxylic acids is 1. The molecule has 14 heavy (non-hydrogen) atoms. The summed E-state index contributed by atoms with van der Waals surface area (Å²) in [5.74, 6) is 0. The van der Waals surface area contributed by atoms with E-state index in [-0.39, 0.29) is 6.09 Å². The first-order valence-corrected chi connectivity index (χ1v) is 5.36. The number of allylic oxidation sites excluding steroid dienone is 2. The Hall–Kier alpha value is -0.990. The summed E-state index contributed by atoms with van der Waals surface area (Å²) in [5.41, 5.74) is 1.03. The number of rotatable bonds is 3. The Bertz CT molecular complexity index is 223. The molecule has 0 N–H and O–H groups in total. The molecule has 80 valence electrons. The first-order chi connectivity index (χ1) is 6.75. The van der Waals surface area contributed by atoms with Crippen molar-refractivity contribution < 1.29 is 9.53 Å². The Morgan fingerprint density at radius 1 is 1.64 bits per heavy atom. The van der Waals surface area contributed by atoms with E-state index in [1.165, 1.54) is 0 Å². The fourth-order valence-corrected chi connectivity index (χ4v) is 1.46. The third kappa shape index (κ3) is 3.05. The summed E-state index contributed by atoms with van der Waals surface area (Å²) in [4.78, 5) is 13.3. The molecule has 0 aliphatic carbocycles. The summed E-state index contributed by atoms with van der Waals surface area (Å²) in [5, 5.41) is 0. The van der Waals surface area contributed by atoms with Crippen molar-refractivity contribution in [1.29, 1.82) is 0 Å². The maximum atomic E-state index is 11.5. The van der Waals surface area contributed by atoms with E-state index in [0.29, 0.717) is 6.61 Å². The molecule has 1 aliphatic heterocycles. The van der Waals surface area contributed by atoms with Crippen LogP contribution in [0.3, 0.4) is 0 Å². The van der Waals surface area contributed by atoms with Crippen molar-refractivity contribution in [2.75, 3.05) is 13.2 Å². The van der Waals surface area contributed by atoms with Gasteiger partial charge in [-0.2, -0.15) is 0 Å². The molecule has 1 amide bonds. The Morgan fingerprint density at radius 2 is 2.43 bits per heavy atom. The van der Waals surface area contributed by atoms with Gasteiger partial charge in [0, 0.05) is 12.2 Å². The van der Waals surface area contributed by atoms with Gasteiger partial charge in [0.1, 0.15) is 0 Å². The molecule has 1 rings (SSSR count). The predicted octanol–water partition coefficient (Wildman–Crippen LogP) is 2.92. The van der Waals surface area contributed by atoms with Crippen molar-refractivity contribution in [2.45, 2.75) is 39.5 Å². The zero-order valence-electron chi connectivity index (χ0n) is 9.08. The van der Waals surface area contributed by atoms with Gasteiger partial charge in [0.05, 0.1) is 6.61 Å². The smallest absolute Gasteiger partial charge is 0.413 e. The highest BCUT2D eigenvalue weighted by molar-refractivity contribution is 5.70. The van der Waals surface area contributed by atoms with Gasteiger partial charge in [-0.15, -0.1) is 0 Å². The van der Waals surface area contributed by atoms with Gasteiger partial charge in [-0.25, -0.2) is 4.79 Å². The molecule has 0 saturated carbocycles. The van der Waals surface area contributed by atoms with Crippen LogP contribution in [0, 0.1) is 0 Å². The highest BCUT2D eigenvalue weighted by Crippen LogP contribution is 2.15. The van der Waals surface area contributed by atoms with Gasteiger partial charge in [-0.3, -0.25) is 4.90 Å². The number of unbranched alkanes of at least 4 members (excludes halogenated alkanes) is 1. The van der Waals surface area contributed by atoms with Crippen LogP contribution in [0.4, 0.5) is 4.79 Å². The molecule has 0 radical (unpaired) electrons. The molecule has 0 atom stereocenters. The standard InChI is InChI=1S/C11H19NO2/c1-3-4-9-14-11(13)12-8-6-5-7-10(12)2/h7H,3-6,8-9H2,1-2H3. The van der Waals surface area contributed by atoms with Crippen LogP contribution in [0.2, 0.25) is 0 Å². The van der Waals surface area contributed by atoms with Crippen molar-refractivity contribution in [2.24, 2.45) is 0 Å². The molecule has 3 nitrogen and oxygen atoms in total. The fourth-order valence-electron chi connectivity index (χ4n) is 1.46. The molecule has 0 spiro atoms. The number of hydrogen-bond donors (Lipinski definition) is 0. The maximum absolute atomic E-state index is 11.5. The number of nitrogens with zero attached hydrogens (tertiary/aromatic N) is 1. The minimum atomic E-state index is -0.188. The van der Waals surface area contributed by atoms with E-state index in [1.54, 1.807) is 4.90 Å². The average Bonchev–Trinajstić information content (AvgIpc) is 2.18. The summed E-state index contributed by atoms with van der Waals surface area (Å²) in [6, 6.07) is 0. The van der Waals surface area contributed by atoms with Crippen molar-refractivity contribution in [3.05, 3.63) is 11.8 Å². The molecule has 1 heterocycles. The molecule has 0 aromatic heterocycles. The second-order valence-electron chi connectivity index (χ2n) is 3.61. The molecule has 3 heteroatoms. The van der Waals surface area contributed by atoms with E-state index in [1.807, 2.05) is 6.92 Å². The Balaban J connectivity index is 2.35. The van der Waals surface area contributed by atoms with Gasteiger partial charge in [-0.1, -0.05) is 19.4 Å². The highest BCUT2D eigenvalue weighted by atomic mass is 16.6. The maximum Gasteiger partial charge on any atom is 0.413 e. The lowest BCUT2D eigenvalue weighted by atomic mass is 10.2. The summed E-state index contributed by atoms with van der Waals surface area (Å²) in [6.45, 7) is 5.38. The Kier molecular flexibility index (Phi) is 4.50. The van der Waals surface area contributed by atoms with E-state index >= 15 is 0 Å². The summed E-state index contributed by atoms with van der Waals surface area (Å²) in [7, 11) is 0. The third-order valence-corrected chi connectivity index (χ3v) is 2.40. The van der Waals surface area contributed by atoms with Gasteiger partial charge in [0.15, 0.2) is 0 Å². The molecule has 0 unspecified atom stereocenters. The van der Waals surface area contributed by atoms with E-state index in [2.05, 4.69) is 13.0 Å². The number of carbonyl (C=O) groups is 1. The number of ether oxygens (including phenoxy) is 1. The van der Waals surface area contributed by atoms with Crippen LogP contribution in [-0.2, 0) is 4.74 Å². The Morgan fingerprint density at radius 3 is 3.07 bits per heavy atom. The predicted molar refractivity (Wildman–Crippen MR) is 56.0 cm³/mol. The minimum Gasteiger partial charge on any atom is -0.449 e. The lowest BCUT2D eigenvalue weighted by Crippen LogP contribution is -2.32. The molecular formula is C11H19NO2. The van der Waals surface area contributed by atoms with Crippen LogP contribution < -0.4 is 0 Å². The number of hydrogen-bond acceptors (Lipinski definition) is 2. The second kappa shape index (κ2) is 5.68. The minimum absolute atomic E-state index is 0.188. The zero-order valence-corrected chi connectivity index (χ0v) is 9.08. The van der Waals surface area contributed by atoms with Crippen molar-refractivity contribution in [3.8, 4) is 0 Å². The molecule has 0 aromatic carbocycles. The van der Waals surface area contributed by atoms with Gasteiger partial charge in [0.2, 0.25) is 0 Å². The monoisotopic (exact) mass is 197 g/mol. The lowest BCUT2D eigenvalue weighted by molar-refractivity contribution is 0.110. The van der Waals surface area contributed by atoms with E-state index in [9.17, 15) is 4.79 Å². The van der Waals surface area contributed by atoms with Crippen LogP contribution in [0.1, 0.15) is 39.5 Å².